The van der Waals surface area contributed by atoms with Gasteiger partial charge in [0.15, 0.2) is 0 Å². The Morgan fingerprint density at radius 2 is 1.93 bits per heavy atom. The molecule has 146 valence electrons. The number of nitrogens with one attached hydrogen (secondary N) is 1. The molecule has 0 aliphatic heterocycles. The zero-order valence-electron chi connectivity index (χ0n) is 16.3. The van der Waals surface area contributed by atoms with E-state index in [1.807, 2.05) is 25.1 Å². The molecule has 0 heterocycles. The van der Waals surface area contributed by atoms with Gasteiger partial charge in [0.25, 0.3) is 5.91 Å². The maximum atomic E-state index is 12.5. The summed E-state index contributed by atoms with van der Waals surface area (Å²) in [6, 6.07) is 14.5. The standard InChI is InChI=1S/C23H25ClN2O2/c1-3-4-5-6-13-28-22-12-9-20(24)15-18(22)14-19(16-25)23(27)26-21-10-7-17(2)8-11-21/h7-12,14-15H,3-6,13H2,1-2H3,(H,26,27). The molecule has 0 aliphatic rings. The number of ether oxygens (including phenoxy) is 1. The van der Waals surface area contributed by atoms with E-state index in [-0.39, 0.29) is 5.57 Å². The van der Waals surface area contributed by atoms with Gasteiger partial charge in [-0.3, -0.25) is 4.79 Å². The summed E-state index contributed by atoms with van der Waals surface area (Å²) < 4.78 is 5.85. The molecule has 0 aliphatic carbocycles. The highest BCUT2D eigenvalue weighted by Crippen LogP contribution is 2.26. The molecule has 2 rings (SSSR count). The van der Waals surface area contributed by atoms with Gasteiger partial charge in [-0.25, -0.2) is 0 Å². The van der Waals surface area contributed by atoms with Crippen molar-refractivity contribution in [1.29, 1.82) is 5.26 Å². The highest BCUT2D eigenvalue weighted by atomic mass is 35.5. The Bertz CT molecular complexity index is 867. The van der Waals surface area contributed by atoms with Crippen LogP contribution in [0.15, 0.2) is 48.0 Å². The summed E-state index contributed by atoms with van der Waals surface area (Å²) in [6.45, 7) is 4.71. The maximum Gasteiger partial charge on any atom is 0.266 e. The number of carbonyl (C=O) groups excluding carboxylic acids is 1. The van der Waals surface area contributed by atoms with Crippen molar-refractivity contribution < 1.29 is 9.53 Å². The second-order valence-corrected chi connectivity index (χ2v) is 7.02. The topological polar surface area (TPSA) is 62.1 Å². The van der Waals surface area contributed by atoms with E-state index in [1.165, 1.54) is 12.5 Å². The van der Waals surface area contributed by atoms with E-state index in [1.54, 1.807) is 30.3 Å². The van der Waals surface area contributed by atoms with Gasteiger partial charge in [0.1, 0.15) is 17.4 Å². The summed E-state index contributed by atoms with van der Waals surface area (Å²) in [7, 11) is 0. The SMILES string of the molecule is CCCCCCOc1ccc(Cl)cc1C=C(C#N)C(=O)Nc1ccc(C)cc1. The summed E-state index contributed by atoms with van der Waals surface area (Å²) in [5.74, 6) is 0.136. The highest BCUT2D eigenvalue weighted by molar-refractivity contribution is 6.30. The lowest BCUT2D eigenvalue weighted by atomic mass is 10.1. The Hall–Kier alpha value is -2.77. The molecular formula is C23H25ClN2O2. The predicted octanol–water partition coefficient (Wildman–Crippen LogP) is 6.15. The third-order valence-electron chi connectivity index (χ3n) is 4.20. The number of halogens is 1. The highest BCUT2D eigenvalue weighted by Gasteiger charge is 2.12. The van der Waals surface area contributed by atoms with Gasteiger partial charge in [-0.15, -0.1) is 0 Å². The van der Waals surface area contributed by atoms with E-state index < -0.39 is 5.91 Å². The number of anilines is 1. The summed E-state index contributed by atoms with van der Waals surface area (Å²) in [5.41, 5.74) is 2.32. The Morgan fingerprint density at radius 3 is 2.61 bits per heavy atom. The van der Waals surface area contributed by atoms with Gasteiger partial charge in [0, 0.05) is 16.3 Å². The first-order valence-corrected chi connectivity index (χ1v) is 9.83. The van der Waals surface area contributed by atoms with Crippen LogP contribution in [-0.4, -0.2) is 12.5 Å². The summed E-state index contributed by atoms with van der Waals surface area (Å²) in [4.78, 5) is 12.5. The van der Waals surface area contributed by atoms with Crippen LogP contribution in [0.4, 0.5) is 5.69 Å². The molecule has 0 unspecified atom stereocenters. The average Bonchev–Trinajstić information content (AvgIpc) is 2.69. The van der Waals surface area contributed by atoms with Gasteiger partial charge in [-0.1, -0.05) is 55.5 Å². The van der Waals surface area contributed by atoms with E-state index in [2.05, 4.69) is 12.2 Å². The molecule has 0 spiro atoms. The van der Waals surface area contributed by atoms with Crippen LogP contribution in [0.5, 0.6) is 5.75 Å². The molecular weight excluding hydrogens is 372 g/mol. The van der Waals surface area contributed by atoms with Crippen molar-refractivity contribution in [2.24, 2.45) is 0 Å². The fourth-order valence-electron chi connectivity index (χ4n) is 2.61. The van der Waals surface area contributed by atoms with Crippen molar-refractivity contribution in [1.82, 2.24) is 0 Å². The number of rotatable bonds is 9. The van der Waals surface area contributed by atoms with Crippen molar-refractivity contribution in [2.45, 2.75) is 39.5 Å². The van der Waals surface area contributed by atoms with Crippen LogP contribution in [0.3, 0.4) is 0 Å². The third kappa shape index (κ3) is 6.75. The van der Waals surface area contributed by atoms with Crippen molar-refractivity contribution >= 4 is 29.3 Å². The molecule has 0 saturated carbocycles. The lowest BCUT2D eigenvalue weighted by Crippen LogP contribution is -2.13. The number of benzene rings is 2. The summed E-state index contributed by atoms with van der Waals surface area (Å²) >= 11 is 6.10. The molecule has 28 heavy (non-hydrogen) atoms. The zero-order chi connectivity index (χ0) is 20.4. The van der Waals surface area contributed by atoms with Crippen molar-refractivity contribution in [3.8, 4) is 11.8 Å². The fourth-order valence-corrected chi connectivity index (χ4v) is 2.79. The quantitative estimate of drug-likeness (QED) is 0.314. The minimum Gasteiger partial charge on any atom is -0.493 e. The molecule has 0 radical (unpaired) electrons. The van der Waals surface area contributed by atoms with Crippen LogP contribution in [0, 0.1) is 18.3 Å². The lowest BCUT2D eigenvalue weighted by Gasteiger charge is -2.10. The monoisotopic (exact) mass is 396 g/mol. The number of aryl methyl sites for hydroxylation is 1. The van der Waals surface area contributed by atoms with Crippen molar-refractivity contribution in [3.63, 3.8) is 0 Å². The first-order valence-electron chi connectivity index (χ1n) is 9.45. The van der Waals surface area contributed by atoms with E-state index >= 15 is 0 Å². The molecule has 2 aromatic carbocycles. The molecule has 4 nitrogen and oxygen atoms in total. The second-order valence-electron chi connectivity index (χ2n) is 6.58. The summed E-state index contributed by atoms with van der Waals surface area (Å²) in [6.07, 6.45) is 5.91. The van der Waals surface area contributed by atoms with Gasteiger partial charge in [0.05, 0.1) is 6.61 Å². The van der Waals surface area contributed by atoms with Crippen LogP contribution < -0.4 is 10.1 Å². The number of amides is 1. The molecule has 5 heteroatoms. The minimum atomic E-state index is -0.472. The number of hydrogen-bond donors (Lipinski definition) is 1. The number of unbranched alkanes of at least 4 members (excludes halogenated alkanes) is 3. The zero-order valence-corrected chi connectivity index (χ0v) is 17.1. The number of nitriles is 1. The number of carbonyl (C=O) groups is 1. The smallest absolute Gasteiger partial charge is 0.266 e. The van der Waals surface area contributed by atoms with Gasteiger partial charge >= 0.3 is 0 Å². The molecule has 0 fully saturated rings. The van der Waals surface area contributed by atoms with Gasteiger partial charge in [-0.05, 0) is 49.8 Å². The van der Waals surface area contributed by atoms with Crippen LogP contribution in [0.25, 0.3) is 6.08 Å². The maximum absolute atomic E-state index is 12.5. The fraction of sp³-hybridized carbons (Fsp3) is 0.304. The second kappa shape index (κ2) is 11.2. The Balaban J connectivity index is 2.15. The molecule has 0 atom stereocenters. The van der Waals surface area contributed by atoms with Gasteiger partial charge in [0.2, 0.25) is 0 Å². The van der Waals surface area contributed by atoms with Crippen LogP contribution >= 0.6 is 11.6 Å². The van der Waals surface area contributed by atoms with E-state index in [0.717, 1.165) is 24.8 Å². The Kier molecular flexibility index (Phi) is 8.58. The van der Waals surface area contributed by atoms with Crippen LogP contribution in [0.2, 0.25) is 5.02 Å². The van der Waals surface area contributed by atoms with Crippen LogP contribution in [-0.2, 0) is 4.79 Å². The predicted molar refractivity (Wildman–Crippen MR) is 114 cm³/mol. The number of hydrogen-bond acceptors (Lipinski definition) is 3. The van der Waals surface area contributed by atoms with E-state index in [9.17, 15) is 10.1 Å². The number of nitrogens with zero attached hydrogens (tertiary/aromatic N) is 1. The van der Waals surface area contributed by atoms with Gasteiger partial charge in [-0.2, -0.15) is 5.26 Å². The summed E-state index contributed by atoms with van der Waals surface area (Å²) in [5, 5.41) is 12.7. The molecule has 1 N–H and O–H groups in total. The minimum absolute atomic E-state index is 0.0151. The molecule has 0 bridgehead atoms. The van der Waals surface area contributed by atoms with Crippen molar-refractivity contribution in [3.05, 3.63) is 64.2 Å². The molecule has 1 amide bonds. The van der Waals surface area contributed by atoms with Crippen molar-refractivity contribution in [2.75, 3.05) is 11.9 Å². The van der Waals surface area contributed by atoms with Gasteiger partial charge < -0.3 is 10.1 Å². The van der Waals surface area contributed by atoms with E-state index in [0.29, 0.717) is 28.6 Å². The molecule has 0 aromatic heterocycles. The Morgan fingerprint density at radius 1 is 1.18 bits per heavy atom. The average molecular weight is 397 g/mol. The largest absolute Gasteiger partial charge is 0.493 e. The first-order chi connectivity index (χ1) is 13.5. The molecule has 0 saturated heterocycles. The van der Waals surface area contributed by atoms with E-state index in [4.69, 9.17) is 16.3 Å². The third-order valence-corrected chi connectivity index (χ3v) is 4.44. The Labute approximate surface area is 171 Å². The molecule has 2 aromatic rings. The normalized spacial score (nSPS) is 11.0. The first kappa shape index (κ1) is 21.5. The van der Waals surface area contributed by atoms with Crippen LogP contribution in [0.1, 0.15) is 43.7 Å². The lowest BCUT2D eigenvalue weighted by molar-refractivity contribution is -0.112.